The van der Waals surface area contributed by atoms with Crippen LogP contribution in [0.15, 0.2) is 42.1 Å². The van der Waals surface area contributed by atoms with Gasteiger partial charge in [0.15, 0.2) is 11.6 Å². The van der Waals surface area contributed by atoms with Crippen LogP contribution in [-0.2, 0) is 9.59 Å². The fourth-order valence-electron chi connectivity index (χ4n) is 3.80. The molecule has 3 rings (SSSR count). The quantitative estimate of drug-likeness (QED) is 0.327. The molecule has 2 atom stereocenters. The molecular weight excluding hydrogens is 358 g/mol. The molecule has 0 bridgehead atoms. The first kappa shape index (κ1) is 20.7. The molecule has 1 aromatic rings. The Morgan fingerprint density at radius 3 is 2.36 bits per heavy atom. The van der Waals surface area contributed by atoms with Gasteiger partial charge in [-0.25, -0.2) is 0 Å². The number of carbonyl (C=O) groups is 2. The maximum atomic E-state index is 12.6. The largest absolute Gasteiger partial charge is 0.395 e. The number of Topliss-reactive ketones (excluding diaryl/α,β-unsaturated/α-hetero) is 2. The maximum absolute atomic E-state index is 12.6. The van der Waals surface area contributed by atoms with Gasteiger partial charge in [-0.05, 0) is 5.56 Å². The summed E-state index contributed by atoms with van der Waals surface area (Å²) in [4.78, 5) is 29.4. The van der Waals surface area contributed by atoms with Gasteiger partial charge < -0.3 is 15.5 Å². The van der Waals surface area contributed by atoms with Crippen LogP contribution in [0.2, 0.25) is 0 Å². The summed E-state index contributed by atoms with van der Waals surface area (Å²) in [6.45, 7) is 6.17. The highest BCUT2D eigenvalue weighted by Crippen LogP contribution is 2.33. The van der Waals surface area contributed by atoms with E-state index in [2.05, 4.69) is 15.1 Å². The first-order chi connectivity index (χ1) is 13.6. The van der Waals surface area contributed by atoms with Crippen molar-refractivity contribution < 1.29 is 19.8 Å². The number of hydrogen-bond donors (Lipinski definition) is 3. The standard InChI is InChI=1S/C21H29N3O4/c25-13-12-24-10-8-23(9-11-24)7-6-22-15-18-19(26)14-17(21(18)28)20(27)16-4-2-1-3-5-16/h1-5,15,17,20,22,25,27H,6-14H2/b18-15-. The van der Waals surface area contributed by atoms with E-state index in [4.69, 9.17) is 5.11 Å². The van der Waals surface area contributed by atoms with Crippen molar-refractivity contribution in [2.45, 2.75) is 12.5 Å². The van der Waals surface area contributed by atoms with Gasteiger partial charge in [-0.15, -0.1) is 0 Å². The zero-order valence-electron chi connectivity index (χ0n) is 16.1. The number of aliphatic hydroxyl groups is 2. The molecule has 28 heavy (non-hydrogen) atoms. The Morgan fingerprint density at radius 2 is 1.71 bits per heavy atom. The number of allylic oxidation sites excluding steroid dienone is 1. The van der Waals surface area contributed by atoms with Crippen LogP contribution in [0.25, 0.3) is 0 Å². The van der Waals surface area contributed by atoms with Crippen LogP contribution in [-0.4, -0.2) is 84.0 Å². The summed E-state index contributed by atoms with van der Waals surface area (Å²) in [6.07, 6.45) is 0.610. The molecule has 0 radical (unpaired) electrons. The number of nitrogens with zero attached hydrogens (tertiary/aromatic N) is 2. The van der Waals surface area contributed by atoms with Gasteiger partial charge in [-0.2, -0.15) is 0 Å². The molecule has 2 fully saturated rings. The Kier molecular flexibility index (Phi) is 7.33. The van der Waals surface area contributed by atoms with Gasteiger partial charge in [-0.1, -0.05) is 30.3 Å². The van der Waals surface area contributed by atoms with Crippen molar-refractivity contribution in [3.63, 3.8) is 0 Å². The number of nitrogens with one attached hydrogen (secondary N) is 1. The van der Waals surface area contributed by atoms with Crippen molar-refractivity contribution in [1.82, 2.24) is 15.1 Å². The lowest BCUT2D eigenvalue weighted by atomic mass is 9.93. The van der Waals surface area contributed by atoms with Gasteiger partial charge in [-0.3, -0.25) is 19.4 Å². The van der Waals surface area contributed by atoms with E-state index in [0.29, 0.717) is 12.1 Å². The third-order valence-electron chi connectivity index (χ3n) is 5.53. The zero-order chi connectivity index (χ0) is 19.9. The second-order valence-corrected chi connectivity index (χ2v) is 7.37. The number of benzene rings is 1. The molecule has 3 N–H and O–H groups in total. The Hall–Kier alpha value is -2.06. The molecule has 1 aromatic carbocycles. The molecular formula is C21H29N3O4. The number of aliphatic hydroxyl groups excluding tert-OH is 2. The first-order valence-corrected chi connectivity index (χ1v) is 9.89. The summed E-state index contributed by atoms with van der Waals surface area (Å²) in [5, 5.41) is 22.6. The second kappa shape index (κ2) is 9.93. The van der Waals surface area contributed by atoms with Crippen LogP contribution < -0.4 is 5.32 Å². The van der Waals surface area contributed by atoms with E-state index < -0.39 is 12.0 Å². The predicted molar refractivity (Wildman–Crippen MR) is 106 cm³/mol. The molecule has 1 heterocycles. The van der Waals surface area contributed by atoms with E-state index in [1.807, 2.05) is 18.2 Å². The molecule has 0 spiro atoms. The molecule has 1 aliphatic heterocycles. The number of piperazine rings is 1. The molecule has 1 saturated carbocycles. The molecule has 2 unspecified atom stereocenters. The van der Waals surface area contributed by atoms with Crippen molar-refractivity contribution in [2.24, 2.45) is 5.92 Å². The van der Waals surface area contributed by atoms with Gasteiger partial charge in [0.25, 0.3) is 0 Å². The van der Waals surface area contributed by atoms with Crippen LogP contribution in [0.1, 0.15) is 18.1 Å². The van der Waals surface area contributed by atoms with Crippen LogP contribution in [0.4, 0.5) is 0 Å². The smallest absolute Gasteiger partial charge is 0.174 e. The van der Waals surface area contributed by atoms with Gasteiger partial charge in [0, 0.05) is 58.4 Å². The van der Waals surface area contributed by atoms with Crippen LogP contribution >= 0.6 is 0 Å². The monoisotopic (exact) mass is 387 g/mol. The van der Waals surface area contributed by atoms with Gasteiger partial charge in [0.1, 0.15) is 0 Å². The molecule has 0 amide bonds. The number of β-amino-alcohol motifs (C(OH)–C–C–N with tert-alkyl or cyclic N) is 1. The van der Waals surface area contributed by atoms with Crippen molar-refractivity contribution in [3.8, 4) is 0 Å². The fourth-order valence-corrected chi connectivity index (χ4v) is 3.80. The minimum absolute atomic E-state index is 0.0508. The van der Waals surface area contributed by atoms with Gasteiger partial charge in [0.05, 0.1) is 24.2 Å². The number of hydrogen-bond acceptors (Lipinski definition) is 7. The molecule has 1 saturated heterocycles. The third-order valence-corrected chi connectivity index (χ3v) is 5.53. The van der Waals surface area contributed by atoms with Crippen LogP contribution in [0.5, 0.6) is 0 Å². The van der Waals surface area contributed by atoms with Crippen molar-refractivity contribution in [1.29, 1.82) is 0 Å². The lowest BCUT2D eigenvalue weighted by molar-refractivity contribution is -0.121. The molecule has 7 nitrogen and oxygen atoms in total. The van der Waals surface area contributed by atoms with E-state index in [1.54, 1.807) is 12.1 Å². The van der Waals surface area contributed by atoms with Gasteiger partial charge in [0.2, 0.25) is 0 Å². The Balaban J connectivity index is 1.47. The molecule has 2 aliphatic rings. The summed E-state index contributed by atoms with van der Waals surface area (Å²) in [7, 11) is 0. The second-order valence-electron chi connectivity index (χ2n) is 7.37. The molecule has 7 heteroatoms. The fraction of sp³-hybridized carbons (Fsp3) is 0.524. The number of carbonyl (C=O) groups excluding carboxylic acids is 2. The van der Waals surface area contributed by atoms with E-state index in [9.17, 15) is 14.7 Å². The Bertz CT molecular complexity index is 699. The van der Waals surface area contributed by atoms with E-state index in [1.165, 1.54) is 6.20 Å². The SMILES string of the molecule is O=C1CC(C(O)c2ccccc2)C(=O)/C1=C\NCCN1CCN(CCO)CC1. The minimum atomic E-state index is -0.959. The topological polar surface area (TPSA) is 93.1 Å². The van der Waals surface area contributed by atoms with Crippen molar-refractivity contribution in [2.75, 3.05) is 52.4 Å². The number of ketones is 2. The Labute approximate surface area is 165 Å². The highest BCUT2D eigenvalue weighted by atomic mass is 16.3. The highest BCUT2D eigenvalue weighted by molar-refractivity contribution is 6.26. The lowest BCUT2D eigenvalue weighted by Crippen LogP contribution is -2.48. The molecule has 152 valence electrons. The van der Waals surface area contributed by atoms with Crippen molar-refractivity contribution >= 4 is 11.6 Å². The third kappa shape index (κ3) is 5.05. The van der Waals surface area contributed by atoms with Crippen molar-refractivity contribution in [3.05, 3.63) is 47.7 Å². The lowest BCUT2D eigenvalue weighted by Gasteiger charge is -2.34. The summed E-state index contributed by atoms with van der Waals surface area (Å²) in [6, 6.07) is 8.99. The first-order valence-electron chi connectivity index (χ1n) is 9.89. The average Bonchev–Trinajstić information content (AvgIpc) is 3.00. The molecule has 0 aromatic heterocycles. The maximum Gasteiger partial charge on any atom is 0.174 e. The summed E-state index contributed by atoms with van der Waals surface area (Å²) in [5.41, 5.74) is 0.816. The highest BCUT2D eigenvalue weighted by Gasteiger charge is 2.40. The average molecular weight is 387 g/mol. The predicted octanol–water partition coefficient (Wildman–Crippen LogP) is -0.0385. The Morgan fingerprint density at radius 1 is 1.07 bits per heavy atom. The molecule has 1 aliphatic carbocycles. The summed E-state index contributed by atoms with van der Waals surface area (Å²) < 4.78 is 0. The van der Waals surface area contributed by atoms with Gasteiger partial charge >= 0.3 is 0 Å². The summed E-state index contributed by atoms with van der Waals surface area (Å²) in [5.74, 6) is -1.20. The zero-order valence-corrected chi connectivity index (χ0v) is 16.1. The van der Waals surface area contributed by atoms with E-state index in [0.717, 1.165) is 39.3 Å². The normalized spacial score (nSPS) is 24.1. The summed E-state index contributed by atoms with van der Waals surface area (Å²) >= 11 is 0. The van der Waals surface area contributed by atoms with Crippen LogP contribution in [0, 0.1) is 5.92 Å². The number of rotatable bonds is 8. The van der Waals surface area contributed by atoms with Crippen LogP contribution in [0.3, 0.4) is 0 Å². The van der Waals surface area contributed by atoms with E-state index >= 15 is 0 Å². The van der Waals surface area contributed by atoms with E-state index in [-0.39, 0.29) is 30.2 Å². The minimum Gasteiger partial charge on any atom is -0.395 e.